The standard InChI is InChI=1S/C20H14FN3O4/c1-12-17(23-19(27-12)14-5-3-2-4-6-14)20(25)26-11-16-22-18(24-28-16)13-7-9-15(21)10-8-13/h2-10H,11H2,1H3. The molecule has 0 spiro atoms. The third-order valence-electron chi connectivity index (χ3n) is 3.91. The van der Waals surface area contributed by atoms with Crippen molar-refractivity contribution < 1.29 is 22.9 Å². The predicted octanol–water partition coefficient (Wildman–Crippen LogP) is 4.20. The maximum absolute atomic E-state index is 13.0. The number of aromatic nitrogens is 3. The summed E-state index contributed by atoms with van der Waals surface area (Å²) in [6.45, 7) is 1.41. The molecule has 8 heteroatoms. The predicted molar refractivity (Wildman–Crippen MR) is 95.5 cm³/mol. The zero-order valence-electron chi connectivity index (χ0n) is 14.8. The molecule has 140 valence electrons. The number of carbonyl (C=O) groups excluding carboxylic acids is 1. The van der Waals surface area contributed by atoms with E-state index in [0.717, 1.165) is 5.56 Å². The summed E-state index contributed by atoms with van der Waals surface area (Å²) >= 11 is 0. The minimum Gasteiger partial charge on any atom is -0.451 e. The molecular formula is C20H14FN3O4. The van der Waals surface area contributed by atoms with Crippen LogP contribution in [0.2, 0.25) is 0 Å². The third-order valence-corrected chi connectivity index (χ3v) is 3.91. The van der Waals surface area contributed by atoms with Gasteiger partial charge >= 0.3 is 5.97 Å². The molecular weight excluding hydrogens is 365 g/mol. The first-order valence-electron chi connectivity index (χ1n) is 8.38. The Hall–Kier alpha value is -3.81. The van der Waals surface area contributed by atoms with Crippen molar-refractivity contribution in [1.29, 1.82) is 0 Å². The molecule has 28 heavy (non-hydrogen) atoms. The van der Waals surface area contributed by atoms with Gasteiger partial charge in [0.05, 0.1) is 0 Å². The van der Waals surface area contributed by atoms with Gasteiger partial charge in [0, 0.05) is 11.1 Å². The number of hydrogen-bond acceptors (Lipinski definition) is 7. The van der Waals surface area contributed by atoms with Gasteiger partial charge in [-0.15, -0.1) is 0 Å². The molecule has 0 amide bonds. The van der Waals surface area contributed by atoms with Gasteiger partial charge in [-0.05, 0) is 43.3 Å². The fourth-order valence-electron chi connectivity index (χ4n) is 2.52. The number of benzene rings is 2. The van der Waals surface area contributed by atoms with Crippen LogP contribution in [0.25, 0.3) is 22.8 Å². The number of esters is 1. The molecule has 7 nitrogen and oxygen atoms in total. The second-order valence-corrected chi connectivity index (χ2v) is 5.88. The summed E-state index contributed by atoms with van der Waals surface area (Å²) in [6.07, 6.45) is 0. The summed E-state index contributed by atoms with van der Waals surface area (Å²) in [6, 6.07) is 14.9. The normalized spacial score (nSPS) is 10.8. The summed E-state index contributed by atoms with van der Waals surface area (Å²) in [5.74, 6) is 0.0409. The van der Waals surface area contributed by atoms with Crippen LogP contribution in [0.5, 0.6) is 0 Å². The molecule has 2 heterocycles. The molecule has 2 aromatic heterocycles. The van der Waals surface area contributed by atoms with Crippen molar-refractivity contribution in [2.24, 2.45) is 0 Å². The van der Waals surface area contributed by atoms with Gasteiger partial charge in [0.25, 0.3) is 5.89 Å². The molecule has 0 atom stereocenters. The smallest absolute Gasteiger partial charge is 0.361 e. The quantitative estimate of drug-likeness (QED) is 0.480. The van der Waals surface area contributed by atoms with E-state index >= 15 is 0 Å². The van der Waals surface area contributed by atoms with E-state index in [1.807, 2.05) is 30.3 Å². The number of nitrogens with zero attached hydrogens (tertiary/aromatic N) is 3. The number of carbonyl (C=O) groups is 1. The Labute approximate surface area is 158 Å². The lowest BCUT2D eigenvalue weighted by Crippen LogP contribution is -2.07. The highest BCUT2D eigenvalue weighted by atomic mass is 19.1. The molecule has 0 aliphatic heterocycles. The number of oxazole rings is 1. The Kier molecular flexibility index (Phi) is 4.67. The van der Waals surface area contributed by atoms with E-state index in [2.05, 4.69) is 15.1 Å². The molecule has 0 radical (unpaired) electrons. The van der Waals surface area contributed by atoms with Crippen LogP contribution in [-0.2, 0) is 11.3 Å². The average Bonchev–Trinajstić information content (AvgIpc) is 3.34. The van der Waals surface area contributed by atoms with Gasteiger partial charge in [-0.2, -0.15) is 4.98 Å². The monoisotopic (exact) mass is 379 g/mol. The van der Waals surface area contributed by atoms with E-state index in [0.29, 0.717) is 17.2 Å². The molecule has 0 aliphatic carbocycles. The van der Waals surface area contributed by atoms with Crippen LogP contribution in [0.4, 0.5) is 4.39 Å². The number of rotatable bonds is 5. The van der Waals surface area contributed by atoms with E-state index < -0.39 is 5.97 Å². The van der Waals surface area contributed by atoms with Crippen LogP contribution >= 0.6 is 0 Å². The van der Waals surface area contributed by atoms with Crippen molar-refractivity contribution in [2.75, 3.05) is 0 Å². The maximum atomic E-state index is 13.0. The van der Waals surface area contributed by atoms with Gasteiger partial charge in [0.2, 0.25) is 11.7 Å². The number of ether oxygens (including phenoxy) is 1. The molecule has 2 aromatic carbocycles. The Morgan fingerprint density at radius 2 is 1.79 bits per heavy atom. The Morgan fingerprint density at radius 3 is 2.54 bits per heavy atom. The van der Waals surface area contributed by atoms with Gasteiger partial charge in [0.15, 0.2) is 12.3 Å². The molecule has 0 unspecified atom stereocenters. The van der Waals surface area contributed by atoms with Crippen LogP contribution in [-0.4, -0.2) is 21.1 Å². The lowest BCUT2D eigenvalue weighted by Gasteiger charge is -1.98. The number of aryl methyl sites for hydroxylation is 1. The van der Waals surface area contributed by atoms with Gasteiger partial charge in [-0.25, -0.2) is 14.2 Å². The summed E-state index contributed by atoms with van der Waals surface area (Å²) < 4.78 is 28.8. The number of halogens is 1. The van der Waals surface area contributed by atoms with Gasteiger partial charge in [-0.3, -0.25) is 0 Å². The van der Waals surface area contributed by atoms with Crippen LogP contribution in [0, 0.1) is 12.7 Å². The van der Waals surface area contributed by atoms with E-state index in [4.69, 9.17) is 13.7 Å². The van der Waals surface area contributed by atoms with E-state index in [1.165, 1.54) is 24.3 Å². The first-order valence-corrected chi connectivity index (χ1v) is 8.38. The van der Waals surface area contributed by atoms with Crippen molar-refractivity contribution in [3.63, 3.8) is 0 Å². The van der Waals surface area contributed by atoms with Gasteiger partial charge < -0.3 is 13.7 Å². The lowest BCUT2D eigenvalue weighted by molar-refractivity contribution is 0.0421. The second kappa shape index (κ2) is 7.43. The Morgan fingerprint density at radius 1 is 1.04 bits per heavy atom. The van der Waals surface area contributed by atoms with Crippen molar-refractivity contribution >= 4 is 5.97 Å². The Balaban J connectivity index is 1.44. The largest absolute Gasteiger partial charge is 0.451 e. The first kappa shape index (κ1) is 17.6. The zero-order chi connectivity index (χ0) is 19.5. The fraction of sp³-hybridized carbons (Fsp3) is 0.100. The van der Waals surface area contributed by atoms with Crippen molar-refractivity contribution in [1.82, 2.24) is 15.1 Å². The lowest BCUT2D eigenvalue weighted by atomic mass is 10.2. The highest BCUT2D eigenvalue weighted by Gasteiger charge is 2.20. The summed E-state index contributed by atoms with van der Waals surface area (Å²) in [5.41, 5.74) is 1.42. The molecule has 0 N–H and O–H groups in total. The fourth-order valence-corrected chi connectivity index (χ4v) is 2.52. The maximum Gasteiger partial charge on any atom is 0.361 e. The van der Waals surface area contributed by atoms with E-state index in [9.17, 15) is 9.18 Å². The first-order chi connectivity index (χ1) is 13.6. The molecule has 0 aliphatic rings. The molecule has 0 saturated carbocycles. The SMILES string of the molecule is Cc1oc(-c2ccccc2)nc1C(=O)OCc1nc(-c2ccc(F)cc2)no1. The minimum atomic E-state index is -0.662. The number of hydrogen-bond donors (Lipinski definition) is 0. The average molecular weight is 379 g/mol. The summed E-state index contributed by atoms with van der Waals surface area (Å²) in [7, 11) is 0. The van der Waals surface area contributed by atoms with Crippen LogP contribution < -0.4 is 0 Å². The molecule has 0 fully saturated rings. The molecule has 0 bridgehead atoms. The third kappa shape index (κ3) is 3.66. The highest BCUT2D eigenvalue weighted by molar-refractivity contribution is 5.88. The van der Waals surface area contributed by atoms with Crippen molar-refractivity contribution in [2.45, 2.75) is 13.5 Å². The van der Waals surface area contributed by atoms with E-state index in [1.54, 1.807) is 6.92 Å². The van der Waals surface area contributed by atoms with Crippen LogP contribution in [0.1, 0.15) is 22.1 Å². The second-order valence-electron chi connectivity index (χ2n) is 5.88. The Bertz CT molecular complexity index is 1100. The summed E-state index contributed by atoms with van der Waals surface area (Å²) in [5, 5.41) is 3.79. The summed E-state index contributed by atoms with van der Waals surface area (Å²) in [4.78, 5) is 20.7. The molecule has 4 aromatic rings. The molecule has 4 rings (SSSR count). The van der Waals surface area contributed by atoms with Gasteiger partial charge in [-0.1, -0.05) is 23.4 Å². The van der Waals surface area contributed by atoms with Crippen LogP contribution in [0.15, 0.2) is 63.5 Å². The zero-order valence-corrected chi connectivity index (χ0v) is 14.8. The van der Waals surface area contributed by atoms with E-state index in [-0.39, 0.29) is 29.8 Å². The van der Waals surface area contributed by atoms with Gasteiger partial charge in [0.1, 0.15) is 11.6 Å². The topological polar surface area (TPSA) is 91.2 Å². The van der Waals surface area contributed by atoms with Crippen molar-refractivity contribution in [3.8, 4) is 22.8 Å². The van der Waals surface area contributed by atoms with Crippen molar-refractivity contribution in [3.05, 3.63) is 77.8 Å². The minimum absolute atomic E-state index is 0.0807. The molecule has 0 saturated heterocycles. The highest BCUT2D eigenvalue weighted by Crippen LogP contribution is 2.22. The van der Waals surface area contributed by atoms with Crippen LogP contribution in [0.3, 0.4) is 0 Å².